The second-order valence-electron chi connectivity index (χ2n) is 5.47. The molecule has 2 unspecified atom stereocenters. The molecule has 94 valence electrons. The summed E-state index contributed by atoms with van der Waals surface area (Å²) < 4.78 is 0. The van der Waals surface area contributed by atoms with Crippen LogP contribution in [0, 0.1) is 5.92 Å². The molecule has 1 saturated carbocycles. The third-order valence-electron chi connectivity index (χ3n) is 3.84. The number of rotatable bonds is 3. The van der Waals surface area contributed by atoms with Crippen LogP contribution < -0.4 is 0 Å². The molecule has 2 heteroatoms. The first-order valence-corrected chi connectivity index (χ1v) is 6.61. The highest BCUT2D eigenvalue weighted by Gasteiger charge is 2.28. The number of benzene rings is 1. The molecule has 1 aromatic carbocycles. The normalized spacial score (nSPS) is 25.1. The topological polar surface area (TPSA) is 23.5 Å². The average molecular weight is 233 g/mol. The molecule has 1 aliphatic rings. The molecule has 0 aliphatic heterocycles. The zero-order chi connectivity index (χ0) is 12.3. The van der Waals surface area contributed by atoms with Gasteiger partial charge in [-0.05, 0) is 50.4 Å². The Morgan fingerprint density at radius 1 is 1.18 bits per heavy atom. The fraction of sp³-hybridized carbons (Fsp3) is 0.600. The lowest BCUT2D eigenvalue weighted by molar-refractivity contribution is 0.231. The van der Waals surface area contributed by atoms with Crippen molar-refractivity contribution in [3.8, 4) is 5.75 Å². The summed E-state index contributed by atoms with van der Waals surface area (Å²) in [6, 6.07) is 7.85. The van der Waals surface area contributed by atoms with E-state index in [1.54, 1.807) is 0 Å². The first-order valence-electron chi connectivity index (χ1n) is 6.61. The number of phenols is 1. The van der Waals surface area contributed by atoms with Crippen molar-refractivity contribution in [1.29, 1.82) is 0 Å². The van der Waals surface area contributed by atoms with Gasteiger partial charge in [0.1, 0.15) is 5.75 Å². The first-order chi connectivity index (χ1) is 8.18. The van der Waals surface area contributed by atoms with Crippen LogP contribution in [0.25, 0.3) is 0 Å². The lowest BCUT2D eigenvalue weighted by atomic mass is 9.75. The molecular weight excluding hydrogens is 210 g/mol. The van der Waals surface area contributed by atoms with Gasteiger partial charge in [-0.1, -0.05) is 31.0 Å². The number of aromatic hydroxyl groups is 1. The fourth-order valence-electron chi connectivity index (χ4n) is 3.11. The maximum absolute atomic E-state index is 10.0. The Morgan fingerprint density at radius 2 is 1.88 bits per heavy atom. The molecule has 1 aliphatic carbocycles. The van der Waals surface area contributed by atoms with Crippen LogP contribution in [0.15, 0.2) is 24.3 Å². The third-order valence-corrected chi connectivity index (χ3v) is 3.84. The van der Waals surface area contributed by atoms with Gasteiger partial charge in [0.05, 0.1) is 0 Å². The van der Waals surface area contributed by atoms with E-state index in [9.17, 15) is 5.11 Å². The second-order valence-corrected chi connectivity index (χ2v) is 5.47. The largest absolute Gasteiger partial charge is 0.508 e. The Morgan fingerprint density at radius 3 is 2.59 bits per heavy atom. The maximum Gasteiger partial charge on any atom is 0.119 e. The van der Waals surface area contributed by atoms with E-state index in [1.165, 1.54) is 25.7 Å². The summed E-state index contributed by atoms with van der Waals surface area (Å²) in [7, 11) is 4.27. The summed E-state index contributed by atoms with van der Waals surface area (Å²) in [5, 5.41) is 10.0. The van der Waals surface area contributed by atoms with Crippen molar-refractivity contribution in [2.24, 2.45) is 5.92 Å². The average Bonchev–Trinajstić information content (AvgIpc) is 2.30. The zero-order valence-electron chi connectivity index (χ0n) is 10.9. The monoisotopic (exact) mass is 233 g/mol. The molecule has 2 atom stereocenters. The van der Waals surface area contributed by atoms with Gasteiger partial charge in [0, 0.05) is 6.54 Å². The molecule has 1 N–H and O–H groups in total. The Bertz CT molecular complexity index is 362. The minimum atomic E-state index is 0.475. The van der Waals surface area contributed by atoms with Gasteiger partial charge in [0.25, 0.3) is 0 Å². The number of nitrogens with zero attached hydrogens (tertiary/aromatic N) is 1. The summed E-state index contributed by atoms with van der Waals surface area (Å²) in [5.41, 5.74) is 1.15. The zero-order valence-corrected chi connectivity index (χ0v) is 10.9. The van der Waals surface area contributed by atoms with Crippen molar-refractivity contribution in [1.82, 2.24) is 4.90 Å². The molecule has 0 aromatic heterocycles. The lowest BCUT2D eigenvalue weighted by Crippen LogP contribution is -2.28. The van der Waals surface area contributed by atoms with Crippen LogP contribution >= 0.6 is 0 Å². The van der Waals surface area contributed by atoms with Crippen LogP contribution in [0.2, 0.25) is 0 Å². The molecule has 0 saturated heterocycles. The first kappa shape index (κ1) is 12.4. The number of hydrogen-bond acceptors (Lipinski definition) is 2. The molecule has 1 fully saturated rings. The van der Waals surface area contributed by atoms with Crippen LogP contribution in [-0.2, 0) is 0 Å². The Hall–Kier alpha value is -1.02. The van der Waals surface area contributed by atoms with Gasteiger partial charge in [-0.25, -0.2) is 0 Å². The van der Waals surface area contributed by atoms with Crippen molar-refractivity contribution in [2.45, 2.75) is 31.6 Å². The Balaban J connectivity index is 2.19. The van der Waals surface area contributed by atoms with E-state index in [0.29, 0.717) is 17.6 Å². The van der Waals surface area contributed by atoms with E-state index in [-0.39, 0.29) is 0 Å². The van der Waals surface area contributed by atoms with Gasteiger partial charge in [-0.15, -0.1) is 0 Å². The highest BCUT2D eigenvalue weighted by molar-refractivity contribution is 5.35. The molecule has 0 spiro atoms. The van der Waals surface area contributed by atoms with E-state index in [4.69, 9.17) is 0 Å². The second kappa shape index (κ2) is 5.54. The Kier molecular flexibility index (Phi) is 4.06. The summed E-state index contributed by atoms with van der Waals surface area (Å²) in [4.78, 5) is 2.27. The summed E-state index contributed by atoms with van der Waals surface area (Å²) in [6.45, 7) is 1.12. The minimum absolute atomic E-state index is 0.475. The number of hydrogen-bond donors (Lipinski definition) is 1. The Labute approximate surface area is 104 Å². The molecule has 2 nitrogen and oxygen atoms in total. The molecule has 0 radical (unpaired) electrons. The van der Waals surface area contributed by atoms with Crippen molar-refractivity contribution < 1.29 is 5.11 Å². The van der Waals surface area contributed by atoms with Crippen molar-refractivity contribution in [3.05, 3.63) is 29.8 Å². The molecule has 0 amide bonds. The molecule has 0 heterocycles. The van der Waals surface area contributed by atoms with E-state index >= 15 is 0 Å². The van der Waals surface area contributed by atoms with E-state index in [1.807, 2.05) is 18.2 Å². The van der Waals surface area contributed by atoms with Crippen LogP contribution in [0.5, 0.6) is 5.75 Å². The maximum atomic E-state index is 10.0. The van der Waals surface area contributed by atoms with E-state index in [0.717, 1.165) is 12.1 Å². The molecule has 1 aromatic rings. The van der Waals surface area contributed by atoms with Crippen molar-refractivity contribution in [2.75, 3.05) is 20.6 Å². The quantitative estimate of drug-likeness (QED) is 0.866. The van der Waals surface area contributed by atoms with Gasteiger partial charge in [-0.2, -0.15) is 0 Å². The van der Waals surface area contributed by atoms with Gasteiger partial charge in [-0.3, -0.25) is 0 Å². The van der Waals surface area contributed by atoms with Crippen LogP contribution in [0.3, 0.4) is 0 Å². The fourth-order valence-corrected chi connectivity index (χ4v) is 3.11. The summed E-state index contributed by atoms with van der Waals surface area (Å²) >= 11 is 0. The van der Waals surface area contributed by atoms with Crippen molar-refractivity contribution >= 4 is 0 Å². The van der Waals surface area contributed by atoms with E-state index in [2.05, 4.69) is 25.1 Å². The predicted molar refractivity (Wildman–Crippen MR) is 71.4 cm³/mol. The predicted octanol–water partition coefficient (Wildman–Crippen LogP) is 3.23. The summed E-state index contributed by atoms with van der Waals surface area (Å²) in [5.74, 6) is 1.70. The smallest absolute Gasteiger partial charge is 0.119 e. The highest BCUT2D eigenvalue weighted by Crippen LogP contribution is 2.41. The van der Waals surface area contributed by atoms with Gasteiger partial charge in [0.2, 0.25) is 0 Å². The van der Waals surface area contributed by atoms with Crippen LogP contribution in [-0.4, -0.2) is 30.6 Å². The molecule has 0 bridgehead atoms. The van der Waals surface area contributed by atoms with E-state index < -0.39 is 0 Å². The SMILES string of the molecule is CN(C)CC1CCCCC1c1ccccc1O. The molecule has 2 rings (SSSR count). The summed E-state index contributed by atoms with van der Waals surface area (Å²) in [6.07, 6.45) is 5.14. The van der Waals surface area contributed by atoms with Gasteiger partial charge >= 0.3 is 0 Å². The molecule has 17 heavy (non-hydrogen) atoms. The standard InChI is InChI=1S/C15H23NO/c1-16(2)11-12-7-3-4-8-13(12)14-9-5-6-10-15(14)17/h5-6,9-10,12-13,17H,3-4,7-8,11H2,1-2H3. The lowest BCUT2D eigenvalue weighted by Gasteiger charge is -2.34. The number of phenolic OH excluding ortho intramolecular Hbond substituents is 1. The van der Waals surface area contributed by atoms with Crippen LogP contribution in [0.4, 0.5) is 0 Å². The highest BCUT2D eigenvalue weighted by atomic mass is 16.3. The number of para-hydroxylation sites is 1. The third kappa shape index (κ3) is 3.01. The van der Waals surface area contributed by atoms with Crippen LogP contribution in [0.1, 0.15) is 37.2 Å². The van der Waals surface area contributed by atoms with Gasteiger partial charge in [0.15, 0.2) is 0 Å². The minimum Gasteiger partial charge on any atom is -0.508 e. The van der Waals surface area contributed by atoms with Crippen molar-refractivity contribution in [3.63, 3.8) is 0 Å². The van der Waals surface area contributed by atoms with Gasteiger partial charge < -0.3 is 10.0 Å². The molecular formula is C15H23NO.